The Bertz CT molecular complexity index is 681. The van der Waals surface area contributed by atoms with Gasteiger partial charge in [-0.3, -0.25) is 4.79 Å². The summed E-state index contributed by atoms with van der Waals surface area (Å²) in [7, 11) is 0. The summed E-state index contributed by atoms with van der Waals surface area (Å²) in [5.41, 5.74) is 3.23. The number of amides is 1. The minimum Gasteiger partial charge on any atom is -0.325 e. The van der Waals surface area contributed by atoms with Gasteiger partial charge < -0.3 is 9.88 Å². The fourth-order valence-electron chi connectivity index (χ4n) is 2.28. The van der Waals surface area contributed by atoms with Gasteiger partial charge in [0.25, 0.3) is 0 Å². The van der Waals surface area contributed by atoms with Crippen LogP contribution in [0.3, 0.4) is 0 Å². The average molecular weight is 332 g/mol. The largest absolute Gasteiger partial charge is 0.325 e. The first kappa shape index (κ1) is 17.5. The summed E-state index contributed by atoms with van der Waals surface area (Å²) in [4.78, 5) is 12.1. The molecule has 1 amide bonds. The molecule has 124 valence electrons. The molecule has 0 aliphatic rings. The van der Waals surface area contributed by atoms with Gasteiger partial charge in [-0.2, -0.15) is 0 Å². The number of carbonyl (C=O) groups excluding carboxylic acids is 1. The van der Waals surface area contributed by atoms with Gasteiger partial charge in [0.1, 0.15) is 5.82 Å². The fraction of sp³-hybridized carbons (Fsp3) is 0.471. The van der Waals surface area contributed by atoms with Gasteiger partial charge in [-0.1, -0.05) is 31.7 Å². The molecule has 0 fully saturated rings. The molecular formula is C17H24N4OS. The zero-order chi connectivity index (χ0) is 16.8. The molecule has 1 N–H and O–H groups in total. The van der Waals surface area contributed by atoms with Crippen LogP contribution in [0.25, 0.3) is 0 Å². The first-order valence-corrected chi connectivity index (χ1v) is 8.95. The van der Waals surface area contributed by atoms with E-state index in [1.54, 1.807) is 0 Å². The second-order valence-corrected chi connectivity index (χ2v) is 6.48. The van der Waals surface area contributed by atoms with E-state index in [-0.39, 0.29) is 5.91 Å². The molecule has 5 nitrogen and oxygen atoms in total. The highest BCUT2D eigenvalue weighted by atomic mass is 32.2. The number of carbonyl (C=O) groups is 1. The highest BCUT2D eigenvalue weighted by Crippen LogP contribution is 2.19. The maximum Gasteiger partial charge on any atom is 0.234 e. The van der Waals surface area contributed by atoms with E-state index in [0.717, 1.165) is 36.1 Å². The van der Waals surface area contributed by atoms with E-state index < -0.39 is 0 Å². The van der Waals surface area contributed by atoms with Crippen LogP contribution in [-0.4, -0.2) is 26.4 Å². The number of nitrogens with zero attached hydrogens (tertiary/aromatic N) is 3. The second kappa shape index (κ2) is 8.15. The Hall–Kier alpha value is -1.82. The van der Waals surface area contributed by atoms with Crippen molar-refractivity contribution >= 4 is 23.4 Å². The molecule has 0 aliphatic heterocycles. The lowest BCUT2D eigenvalue weighted by atomic mass is 10.1. The lowest BCUT2D eigenvalue weighted by molar-refractivity contribution is -0.113. The van der Waals surface area contributed by atoms with Crippen molar-refractivity contribution in [2.45, 2.75) is 52.2 Å². The number of aryl methyl sites for hydroxylation is 3. The summed E-state index contributed by atoms with van der Waals surface area (Å²) in [5.74, 6) is 1.28. The van der Waals surface area contributed by atoms with Crippen molar-refractivity contribution in [1.82, 2.24) is 14.8 Å². The van der Waals surface area contributed by atoms with Crippen LogP contribution >= 0.6 is 11.8 Å². The number of aromatic nitrogens is 3. The Balaban J connectivity index is 1.96. The molecule has 2 rings (SSSR count). The smallest absolute Gasteiger partial charge is 0.234 e. The van der Waals surface area contributed by atoms with Crippen molar-refractivity contribution in [3.8, 4) is 0 Å². The molecule has 0 spiro atoms. The van der Waals surface area contributed by atoms with Crippen LogP contribution in [0.15, 0.2) is 23.4 Å². The average Bonchev–Trinajstić information content (AvgIpc) is 2.91. The highest BCUT2D eigenvalue weighted by molar-refractivity contribution is 7.99. The number of thioether (sulfide) groups is 1. The Morgan fingerprint density at radius 1 is 1.22 bits per heavy atom. The molecule has 0 aliphatic carbocycles. The van der Waals surface area contributed by atoms with Crippen LogP contribution < -0.4 is 5.32 Å². The molecule has 0 atom stereocenters. The number of anilines is 1. The molecule has 6 heteroatoms. The SMILES string of the molecule is CCCn1c(CC)nnc1SCC(=O)Nc1ccc(C)c(C)c1. The third-order valence-electron chi connectivity index (χ3n) is 3.68. The summed E-state index contributed by atoms with van der Waals surface area (Å²) in [5, 5.41) is 12.2. The van der Waals surface area contributed by atoms with Crippen molar-refractivity contribution < 1.29 is 4.79 Å². The van der Waals surface area contributed by atoms with Crippen molar-refractivity contribution in [3.63, 3.8) is 0 Å². The molecule has 0 unspecified atom stereocenters. The second-order valence-electron chi connectivity index (χ2n) is 5.54. The summed E-state index contributed by atoms with van der Waals surface area (Å²) in [6, 6.07) is 5.94. The van der Waals surface area contributed by atoms with Gasteiger partial charge >= 0.3 is 0 Å². The molecule has 23 heavy (non-hydrogen) atoms. The standard InChI is InChI=1S/C17H24N4OS/c1-5-9-21-15(6-2)19-20-17(21)23-11-16(22)18-14-8-7-12(3)13(4)10-14/h7-8,10H,5-6,9,11H2,1-4H3,(H,18,22). The molecular weight excluding hydrogens is 308 g/mol. The van der Waals surface area contributed by atoms with E-state index in [2.05, 4.69) is 40.9 Å². The van der Waals surface area contributed by atoms with E-state index >= 15 is 0 Å². The molecule has 0 saturated heterocycles. The maximum atomic E-state index is 12.1. The fourth-order valence-corrected chi connectivity index (χ4v) is 3.07. The first-order valence-electron chi connectivity index (χ1n) is 7.97. The van der Waals surface area contributed by atoms with Crippen molar-refractivity contribution in [3.05, 3.63) is 35.2 Å². The first-order chi connectivity index (χ1) is 11.0. The van der Waals surface area contributed by atoms with Gasteiger partial charge in [-0.25, -0.2) is 0 Å². The maximum absolute atomic E-state index is 12.1. The number of benzene rings is 1. The van der Waals surface area contributed by atoms with Crippen molar-refractivity contribution in [1.29, 1.82) is 0 Å². The van der Waals surface area contributed by atoms with Gasteiger partial charge in [-0.05, 0) is 43.5 Å². The van der Waals surface area contributed by atoms with Crippen LogP contribution in [-0.2, 0) is 17.8 Å². The van der Waals surface area contributed by atoms with E-state index in [4.69, 9.17) is 0 Å². The van der Waals surface area contributed by atoms with Gasteiger partial charge in [-0.15, -0.1) is 10.2 Å². The van der Waals surface area contributed by atoms with Crippen LogP contribution in [0.4, 0.5) is 5.69 Å². The van der Waals surface area contributed by atoms with Crippen molar-refractivity contribution in [2.75, 3.05) is 11.1 Å². The molecule has 1 aromatic carbocycles. The Kier molecular flexibility index (Phi) is 6.21. The third-order valence-corrected chi connectivity index (χ3v) is 4.65. The molecule has 2 aromatic rings. The number of rotatable bonds is 7. The predicted octanol–water partition coefficient (Wildman–Crippen LogP) is 3.60. The van der Waals surface area contributed by atoms with Crippen LogP contribution in [0.2, 0.25) is 0 Å². The highest BCUT2D eigenvalue weighted by Gasteiger charge is 2.12. The summed E-state index contributed by atoms with van der Waals surface area (Å²) in [6.07, 6.45) is 1.87. The van der Waals surface area contributed by atoms with E-state index in [1.165, 1.54) is 22.9 Å². The van der Waals surface area contributed by atoms with Crippen molar-refractivity contribution in [2.24, 2.45) is 0 Å². The van der Waals surface area contributed by atoms with E-state index in [1.807, 2.05) is 25.1 Å². The molecule has 0 saturated carbocycles. The van der Waals surface area contributed by atoms with Gasteiger partial charge in [0.15, 0.2) is 5.16 Å². The Labute approximate surface area is 141 Å². The normalized spacial score (nSPS) is 10.8. The lowest BCUT2D eigenvalue weighted by Gasteiger charge is -2.09. The van der Waals surface area contributed by atoms with Gasteiger partial charge in [0, 0.05) is 18.7 Å². The van der Waals surface area contributed by atoms with Crippen LogP contribution in [0.5, 0.6) is 0 Å². The molecule has 0 bridgehead atoms. The number of nitrogens with one attached hydrogen (secondary N) is 1. The summed E-state index contributed by atoms with van der Waals surface area (Å²) < 4.78 is 2.11. The minimum atomic E-state index is -0.0256. The summed E-state index contributed by atoms with van der Waals surface area (Å²) >= 11 is 1.44. The summed E-state index contributed by atoms with van der Waals surface area (Å²) in [6.45, 7) is 9.18. The Morgan fingerprint density at radius 3 is 2.65 bits per heavy atom. The number of hydrogen-bond donors (Lipinski definition) is 1. The van der Waals surface area contributed by atoms with E-state index in [9.17, 15) is 4.79 Å². The predicted molar refractivity (Wildman–Crippen MR) is 95.0 cm³/mol. The molecule has 1 aromatic heterocycles. The number of hydrogen-bond acceptors (Lipinski definition) is 4. The zero-order valence-corrected chi connectivity index (χ0v) is 15.0. The molecule has 0 radical (unpaired) electrons. The molecule has 1 heterocycles. The van der Waals surface area contributed by atoms with Gasteiger partial charge in [0.05, 0.1) is 5.75 Å². The quantitative estimate of drug-likeness (QED) is 0.787. The Morgan fingerprint density at radius 2 is 2.00 bits per heavy atom. The minimum absolute atomic E-state index is 0.0256. The van der Waals surface area contributed by atoms with Crippen LogP contribution in [0.1, 0.15) is 37.2 Å². The monoisotopic (exact) mass is 332 g/mol. The lowest BCUT2D eigenvalue weighted by Crippen LogP contribution is -2.15. The van der Waals surface area contributed by atoms with E-state index in [0.29, 0.717) is 5.75 Å². The third kappa shape index (κ3) is 4.58. The van der Waals surface area contributed by atoms with Crippen LogP contribution in [0, 0.1) is 13.8 Å². The topological polar surface area (TPSA) is 59.8 Å². The van der Waals surface area contributed by atoms with Gasteiger partial charge in [0.2, 0.25) is 5.91 Å². The zero-order valence-electron chi connectivity index (χ0n) is 14.2.